The molecule has 0 aliphatic carbocycles. The first kappa shape index (κ1) is 16.1. The summed E-state index contributed by atoms with van der Waals surface area (Å²) in [4.78, 5) is 6.62. The molecule has 1 N–H and O–H groups in total. The number of likely N-dealkylation sites (tertiary alicyclic amines) is 1. The Morgan fingerprint density at radius 2 is 1.91 bits per heavy atom. The van der Waals surface area contributed by atoms with E-state index in [1.807, 2.05) is 6.07 Å². The molecule has 23 heavy (non-hydrogen) atoms. The molecule has 0 saturated carbocycles. The molecule has 3 nitrogen and oxygen atoms in total. The maximum Gasteiger partial charge on any atom is 0.185 e. The highest BCUT2D eigenvalue weighted by Crippen LogP contribution is 2.28. The van der Waals surface area contributed by atoms with Gasteiger partial charge in [0.1, 0.15) is 5.52 Å². The van der Waals surface area contributed by atoms with Crippen molar-refractivity contribution < 1.29 is 8.78 Å². The van der Waals surface area contributed by atoms with Gasteiger partial charge < -0.3 is 10.2 Å². The molecule has 1 aliphatic heterocycles. The number of anilines is 1. The Hall–Kier alpha value is -1.75. The third kappa shape index (κ3) is 3.29. The van der Waals surface area contributed by atoms with E-state index in [2.05, 4.69) is 29.0 Å². The fourth-order valence-corrected chi connectivity index (χ4v) is 3.26. The Labute approximate surface area is 135 Å². The lowest BCUT2D eigenvalue weighted by Gasteiger charge is -2.35. The highest BCUT2D eigenvalue weighted by molar-refractivity contribution is 5.92. The van der Waals surface area contributed by atoms with Crippen LogP contribution < -0.4 is 5.32 Å². The molecule has 1 aliphatic rings. The normalized spacial score (nSPS) is 17.1. The average Bonchev–Trinajstić information content (AvgIpc) is 2.52. The van der Waals surface area contributed by atoms with E-state index < -0.39 is 11.6 Å². The Morgan fingerprint density at radius 1 is 1.22 bits per heavy atom. The Morgan fingerprint density at radius 3 is 2.57 bits per heavy atom. The van der Waals surface area contributed by atoms with Crippen molar-refractivity contribution in [3.8, 4) is 0 Å². The third-order valence-electron chi connectivity index (χ3n) is 4.62. The fraction of sp³-hybridized carbons (Fsp3) is 0.500. The van der Waals surface area contributed by atoms with Gasteiger partial charge in [-0.2, -0.15) is 0 Å². The minimum Gasteiger partial charge on any atom is -0.382 e. The maximum absolute atomic E-state index is 14.0. The van der Waals surface area contributed by atoms with E-state index in [9.17, 15) is 8.78 Å². The van der Waals surface area contributed by atoms with Crippen molar-refractivity contribution in [3.05, 3.63) is 35.5 Å². The number of aromatic nitrogens is 1. The van der Waals surface area contributed by atoms with Gasteiger partial charge in [-0.1, -0.05) is 0 Å². The highest BCUT2D eigenvalue weighted by Gasteiger charge is 2.21. The van der Waals surface area contributed by atoms with Crippen molar-refractivity contribution >= 4 is 16.6 Å². The lowest BCUT2D eigenvalue weighted by molar-refractivity contribution is 0.177. The van der Waals surface area contributed by atoms with Gasteiger partial charge in [0, 0.05) is 41.9 Å². The summed E-state index contributed by atoms with van der Waals surface area (Å²) in [7, 11) is 0. The number of aryl methyl sites for hydroxylation is 1. The van der Waals surface area contributed by atoms with E-state index in [1.54, 1.807) is 13.0 Å². The van der Waals surface area contributed by atoms with Crippen molar-refractivity contribution in [2.75, 3.05) is 18.4 Å². The van der Waals surface area contributed by atoms with Gasteiger partial charge in [-0.25, -0.2) is 13.8 Å². The van der Waals surface area contributed by atoms with Gasteiger partial charge in [0.15, 0.2) is 11.6 Å². The number of benzene rings is 1. The van der Waals surface area contributed by atoms with Crippen LogP contribution in [0.3, 0.4) is 0 Å². The largest absolute Gasteiger partial charge is 0.382 e. The Bertz CT molecular complexity index is 707. The van der Waals surface area contributed by atoms with Crippen molar-refractivity contribution in [3.63, 3.8) is 0 Å². The van der Waals surface area contributed by atoms with Crippen LogP contribution in [0.5, 0.6) is 0 Å². The number of piperidine rings is 1. The number of hydrogen-bond donors (Lipinski definition) is 1. The van der Waals surface area contributed by atoms with Crippen LogP contribution in [0.15, 0.2) is 18.2 Å². The summed E-state index contributed by atoms with van der Waals surface area (Å²) in [6.45, 7) is 8.34. The quantitative estimate of drug-likeness (QED) is 0.923. The zero-order valence-electron chi connectivity index (χ0n) is 13.9. The van der Waals surface area contributed by atoms with Crippen molar-refractivity contribution in [1.82, 2.24) is 9.88 Å². The minimum absolute atomic E-state index is 0.104. The van der Waals surface area contributed by atoms with E-state index in [0.717, 1.165) is 31.6 Å². The molecule has 1 saturated heterocycles. The lowest BCUT2D eigenvalue weighted by Crippen LogP contribution is -2.42. The predicted molar refractivity (Wildman–Crippen MR) is 89.7 cm³/mol. The maximum atomic E-state index is 14.0. The van der Waals surface area contributed by atoms with Gasteiger partial charge in [-0.3, -0.25) is 0 Å². The molecule has 1 aromatic carbocycles. The molecule has 0 bridgehead atoms. The van der Waals surface area contributed by atoms with Gasteiger partial charge in [0.25, 0.3) is 0 Å². The van der Waals surface area contributed by atoms with E-state index >= 15 is 0 Å². The number of hydrogen-bond acceptors (Lipinski definition) is 3. The molecule has 5 heteroatoms. The highest BCUT2D eigenvalue weighted by atomic mass is 19.2. The lowest BCUT2D eigenvalue weighted by atomic mass is 10.0. The first-order valence-corrected chi connectivity index (χ1v) is 8.21. The summed E-state index contributed by atoms with van der Waals surface area (Å²) in [6.07, 6.45) is 2.09. The summed E-state index contributed by atoms with van der Waals surface area (Å²) in [5.74, 6) is -1.73. The van der Waals surface area contributed by atoms with Crippen LogP contribution in [0.4, 0.5) is 14.5 Å². The molecular formula is C18H23F2N3. The molecule has 0 atom stereocenters. The van der Waals surface area contributed by atoms with Gasteiger partial charge in [-0.05, 0) is 51.8 Å². The summed E-state index contributed by atoms with van der Waals surface area (Å²) in [6, 6.07) is 5.60. The first-order chi connectivity index (χ1) is 11.0. The SMILES string of the molecule is Cc1cc(NC2CCN(C(C)C)CC2)c2ccc(F)c(F)c2n1. The van der Waals surface area contributed by atoms with Gasteiger partial charge in [-0.15, -0.1) is 0 Å². The second-order valence-electron chi connectivity index (χ2n) is 6.62. The number of nitrogens with zero attached hydrogens (tertiary/aromatic N) is 2. The van der Waals surface area contributed by atoms with Gasteiger partial charge in [0.2, 0.25) is 0 Å². The molecule has 0 amide bonds. The monoisotopic (exact) mass is 319 g/mol. The topological polar surface area (TPSA) is 28.2 Å². The van der Waals surface area contributed by atoms with E-state index in [1.165, 1.54) is 6.07 Å². The third-order valence-corrected chi connectivity index (χ3v) is 4.62. The van der Waals surface area contributed by atoms with Gasteiger partial charge >= 0.3 is 0 Å². The average molecular weight is 319 g/mol. The van der Waals surface area contributed by atoms with Gasteiger partial charge in [0.05, 0.1) is 0 Å². The molecule has 0 unspecified atom stereocenters. The molecule has 0 radical (unpaired) electrons. The van der Waals surface area contributed by atoms with Crippen LogP contribution >= 0.6 is 0 Å². The second kappa shape index (κ2) is 6.40. The van der Waals surface area contributed by atoms with Crippen molar-refractivity contribution in [2.45, 2.75) is 45.7 Å². The molecule has 3 rings (SSSR count). The van der Waals surface area contributed by atoms with Crippen LogP contribution in [0, 0.1) is 18.6 Å². The number of pyridine rings is 1. The Balaban J connectivity index is 1.85. The molecule has 1 aromatic heterocycles. The number of nitrogens with one attached hydrogen (secondary N) is 1. The first-order valence-electron chi connectivity index (χ1n) is 8.21. The summed E-state index contributed by atoms with van der Waals surface area (Å²) in [5, 5.41) is 4.15. The summed E-state index contributed by atoms with van der Waals surface area (Å²) in [5.41, 5.74) is 1.63. The zero-order valence-corrected chi connectivity index (χ0v) is 13.9. The van der Waals surface area contributed by atoms with Crippen molar-refractivity contribution in [2.24, 2.45) is 0 Å². The number of fused-ring (bicyclic) bond motifs is 1. The molecule has 124 valence electrons. The van der Waals surface area contributed by atoms with Crippen LogP contribution in [-0.4, -0.2) is 35.1 Å². The van der Waals surface area contributed by atoms with Crippen LogP contribution in [0.25, 0.3) is 10.9 Å². The summed E-state index contributed by atoms with van der Waals surface area (Å²) >= 11 is 0. The zero-order chi connectivity index (χ0) is 16.6. The molecule has 0 spiro atoms. The predicted octanol–water partition coefficient (Wildman–Crippen LogP) is 4.11. The van der Waals surface area contributed by atoms with E-state index in [-0.39, 0.29) is 5.52 Å². The number of halogens is 2. The van der Waals surface area contributed by atoms with E-state index in [4.69, 9.17) is 0 Å². The molecule has 2 aromatic rings. The fourth-order valence-electron chi connectivity index (χ4n) is 3.26. The summed E-state index contributed by atoms with van der Waals surface area (Å²) < 4.78 is 27.5. The van der Waals surface area contributed by atoms with Crippen LogP contribution in [-0.2, 0) is 0 Å². The van der Waals surface area contributed by atoms with E-state index in [0.29, 0.717) is 23.2 Å². The molecule has 2 heterocycles. The molecule has 1 fully saturated rings. The number of rotatable bonds is 3. The minimum atomic E-state index is -0.871. The molecular weight excluding hydrogens is 296 g/mol. The standard InChI is InChI=1S/C18H23F2N3/c1-11(2)23-8-6-13(7-9-23)22-16-10-12(3)21-18-14(16)4-5-15(19)17(18)20/h4-5,10-11,13H,6-9H2,1-3H3,(H,21,22). The smallest absolute Gasteiger partial charge is 0.185 e. The van der Waals surface area contributed by atoms with Crippen molar-refractivity contribution in [1.29, 1.82) is 0 Å². The van der Waals surface area contributed by atoms with Crippen LogP contribution in [0.2, 0.25) is 0 Å². The van der Waals surface area contributed by atoms with Crippen LogP contribution in [0.1, 0.15) is 32.4 Å². The second-order valence-corrected chi connectivity index (χ2v) is 6.62. The Kier molecular flexibility index (Phi) is 4.48.